The van der Waals surface area contributed by atoms with E-state index in [1.54, 1.807) is 0 Å². The van der Waals surface area contributed by atoms with Crippen LogP contribution >= 0.6 is 0 Å². The van der Waals surface area contributed by atoms with E-state index in [2.05, 4.69) is 10.3 Å². The van der Waals surface area contributed by atoms with E-state index in [1.807, 2.05) is 79.7 Å². The third-order valence-electron chi connectivity index (χ3n) is 5.10. The normalized spacial score (nSPS) is 12.0. The van der Waals surface area contributed by atoms with Crippen molar-refractivity contribution in [3.8, 4) is 0 Å². The third kappa shape index (κ3) is 3.67. The SMILES string of the molecule is Cc1ccccc1C[C@@H](NC(=O)c1c2ccccc2nc2ccccc12)C(=O)O. The first-order valence-corrected chi connectivity index (χ1v) is 9.40. The number of nitrogens with zero attached hydrogens (tertiary/aromatic N) is 1. The van der Waals surface area contributed by atoms with Gasteiger partial charge in [0.2, 0.25) is 0 Å². The maximum absolute atomic E-state index is 13.3. The number of aromatic nitrogens is 1. The van der Waals surface area contributed by atoms with Gasteiger partial charge >= 0.3 is 5.97 Å². The summed E-state index contributed by atoms with van der Waals surface area (Å²) in [4.78, 5) is 29.8. The van der Waals surface area contributed by atoms with Gasteiger partial charge in [0.05, 0.1) is 16.6 Å². The molecular weight excluding hydrogens is 364 g/mol. The van der Waals surface area contributed by atoms with Gasteiger partial charge < -0.3 is 10.4 Å². The molecular formula is C24H20N2O3. The summed E-state index contributed by atoms with van der Waals surface area (Å²) < 4.78 is 0. The van der Waals surface area contributed by atoms with Crippen LogP contribution in [0.5, 0.6) is 0 Å². The fourth-order valence-corrected chi connectivity index (χ4v) is 3.57. The van der Waals surface area contributed by atoms with Crippen molar-refractivity contribution in [2.24, 2.45) is 0 Å². The van der Waals surface area contributed by atoms with E-state index in [-0.39, 0.29) is 6.42 Å². The molecule has 1 atom stereocenters. The van der Waals surface area contributed by atoms with Crippen molar-refractivity contribution < 1.29 is 14.7 Å². The fraction of sp³-hybridized carbons (Fsp3) is 0.125. The Morgan fingerprint density at radius 1 is 0.897 bits per heavy atom. The molecule has 1 heterocycles. The zero-order valence-electron chi connectivity index (χ0n) is 15.9. The van der Waals surface area contributed by atoms with Crippen molar-refractivity contribution in [1.29, 1.82) is 0 Å². The number of benzene rings is 3. The maximum atomic E-state index is 13.3. The lowest BCUT2D eigenvalue weighted by atomic mass is 9.99. The van der Waals surface area contributed by atoms with Crippen LogP contribution in [0, 0.1) is 6.92 Å². The first-order chi connectivity index (χ1) is 14.0. The van der Waals surface area contributed by atoms with Gasteiger partial charge in [0.1, 0.15) is 6.04 Å². The van der Waals surface area contributed by atoms with Crippen molar-refractivity contribution in [2.45, 2.75) is 19.4 Å². The number of carbonyl (C=O) groups excluding carboxylic acids is 1. The highest BCUT2D eigenvalue weighted by molar-refractivity contribution is 6.16. The molecule has 1 aromatic heterocycles. The summed E-state index contributed by atoms with van der Waals surface area (Å²) >= 11 is 0. The molecule has 0 bridgehead atoms. The summed E-state index contributed by atoms with van der Waals surface area (Å²) in [7, 11) is 0. The fourth-order valence-electron chi connectivity index (χ4n) is 3.57. The Morgan fingerprint density at radius 2 is 1.45 bits per heavy atom. The van der Waals surface area contributed by atoms with Crippen molar-refractivity contribution in [3.63, 3.8) is 0 Å². The topological polar surface area (TPSA) is 79.3 Å². The van der Waals surface area contributed by atoms with Crippen LogP contribution in [0.4, 0.5) is 0 Å². The van der Waals surface area contributed by atoms with Crippen molar-refractivity contribution in [1.82, 2.24) is 10.3 Å². The van der Waals surface area contributed by atoms with Crippen molar-refractivity contribution in [3.05, 3.63) is 89.5 Å². The van der Waals surface area contributed by atoms with Gasteiger partial charge in [0.25, 0.3) is 5.91 Å². The molecule has 0 saturated heterocycles. The van der Waals surface area contributed by atoms with Crippen LogP contribution in [0.15, 0.2) is 72.8 Å². The van der Waals surface area contributed by atoms with Crippen LogP contribution in [-0.4, -0.2) is 28.0 Å². The van der Waals surface area contributed by atoms with Gasteiger partial charge in [-0.25, -0.2) is 9.78 Å². The monoisotopic (exact) mass is 384 g/mol. The number of aryl methyl sites for hydroxylation is 1. The Morgan fingerprint density at radius 3 is 2.03 bits per heavy atom. The minimum absolute atomic E-state index is 0.217. The highest BCUT2D eigenvalue weighted by atomic mass is 16.4. The Hall–Kier alpha value is -3.73. The van der Waals surface area contributed by atoms with E-state index in [0.29, 0.717) is 27.4 Å². The first-order valence-electron chi connectivity index (χ1n) is 9.40. The Balaban J connectivity index is 1.75. The number of fused-ring (bicyclic) bond motifs is 2. The minimum atomic E-state index is -1.07. The van der Waals surface area contributed by atoms with E-state index < -0.39 is 17.9 Å². The predicted molar refractivity (Wildman–Crippen MR) is 113 cm³/mol. The molecule has 0 aliphatic rings. The quantitative estimate of drug-likeness (QED) is 0.507. The lowest BCUT2D eigenvalue weighted by Gasteiger charge is -2.17. The Bertz CT molecular complexity index is 1180. The second kappa shape index (κ2) is 7.72. The molecule has 5 heteroatoms. The zero-order chi connectivity index (χ0) is 20.4. The Labute approximate surface area is 168 Å². The highest BCUT2D eigenvalue weighted by Crippen LogP contribution is 2.26. The minimum Gasteiger partial charge on any atom is -0.480 e. The molecule has 144 valence electrons. The van der Waals surface area contributed by atoms with Crippen LogP contribution < -0.4 is 5.32 Å². The molecule has 0 aliphatic carbocycles. The number of aliphatic carboxylic acids is 1. The summed E-state index contributed by atoms with van der Waals surface area (Å²) in [5.41, 5.74) is 3.73. The summed E-state index contributed by atoms with van der Waals surface area (Å²) in [6.07, 6.45) is 0.217. The average Bonchev–Trinajstić information content (AvgIpc) is 2.72. The number of amides is 1. The van der Waals surface area contributed by atoms with Gasteiger partial charge in [0, 0.05) is 17.2 Å². The van der Waals surface area contributed by atoms with Gasteiger partial charge in [-0.3, -0.25) is 4.79 Å². The number of carbonyl (C=O) groups is 2. The molecule has 0 fully saturated rings. The summed E-state index contributed by atoms with van der Waals surface area (Å²) in [6.45, 7) is 1.93. The molecule has 2 N–H and O–H groups in total. The van der Waals surface area contributed by atoms with Gasteiger partial charge in [-0.2, -0.15) is 0 Å². The Kier molecular flexibility index (Phi) is 4.96. The lowest BCUT2D eigenvalue weighted by Crippen LogP contribution is -2.42. The highest BCUT2D eigenvalue weighted by Gasteiger charge is 2.24. The van der Waals surface area contributed by atoms with Crippen LogP contribution in [-0.2, 0) is 11.2 Å². The zero-order valence-corrected chi connectivity index (χ0v) is 15.9. The number of pyridine rings is 1. The van der Waals surface area contributed by atoms with Crippen LogP contribution in [0.3, 0.4) is 0 Å². The van der Waals surface area contributed by atoms with Crippen molar-refractivity contribution in [2.75, 3.05) is 0 Å². The number of carboxylic acids is 1. The maximum Gasteiger partial charge on any atom is 0.326 e. The predicted octanol–water partition coefficient (Wildman–Crippen LogP) is 4.12. The molecule has 4 aromatic rings. The van der Waals surface area contributed by atoms with Crippen LogP contribution in [0.25, 0.3) is 21.8 Å². The molecule has 1 amide bonds. The summed E-state index contributed by atoms with van der Waals surface area (Å²) in [5.74, 6) is -1.48. The smallest absolute Gasteiger partial charge is 0.326 e. The molecule has 4 rings (SSSR count). The number of carboxylic acid groups (broad SMARTS) is 1. The van der Waals surface area contributed by atoms with Crippen molar-refractivity contribution >= 4 is 33.7 Å². The van der Waals surface area contributed by atoms with E-state index in [1.165, 1.54) is 0 Å². The van der Waals surface area contributed by atoms with E-state index in [0.717, 1.165) is 11.1 Å². The molecule has 29 heavy (non-hydrogen) atoms. The van der Waals surface area contributed by atoms with Crippen LogP contribution in [0.1, 0.15) is 21.5 Å². The number of para-hydroxylation sites is 2. The molecule has 0 unspecified atom stereocenters. The standard InChI is InChI=1S/C24H20N2O3/c1-15-8-2-3-9-16(15)14-21(24(28)29)26-23(27)22-17-10-4-6-12-19(17)25-20-13-7-5-11-18(20)22/h2-13,21H,14H2,1H3,(H,26,27)(H,28,29)/t21-/m1/s1. The van der Waals surface area contributed by atoms with Gasteiger partial charge in [-0.05, 0) is 30.2 Å². The van der Waals surface area contributed by atoms with Gasteiger partial charge in [-0.15, -0.1) is 0 Å². The van der Waals surface area contributed by atoms with E-state index in [4.69, 9.17) is 0 Å². The summed E-state index contributed by atoms with van der Waals surface area (Å²) in [5, 5.41) is 13.8. The number of rotatable bonds is 5. The largest absolute Gasteiger partial charge is 0.480 e. The average molecular weight is 384 g/mol. The molecule has 0 saturated carbocycles. The second-order valence-electron chi connectivity index (χ2n) is 7.02. The molecule has 0 radical (unpaired) electrons. The van der Waals surface area contributed by atoms with Gasteiger partial charge in [0.15, 0.2) is 0 Å². The second-order valence-corrected chi connectivity index (χ2v) is 7.02. The first kappa shape index (κ1) is 18.6. The molecule has 5 nitrogen and oxygen atoms in total. The van der Waals surface area contributed by atoms with E-state index in [9.17, 15) is 14.7 Å². The van der Waals surface area contributed by atoms with Crippen LogP contribution in [0.2, 0.25) is 0 Å². The van der Waals surface area contributed by atoms with Gasteiger partial charge in [-0.1, -0.05) is 60.7 Å². The number of hydrogen-bond donors (Lipinski definition) is 2. The lowest BCUT2D eigenvalue weighted by molar-refractivity contribution is -0.139. The van der Waals surface area contributed by atoms with E-state index >= 15 is 0 Å². The number of hydrogen-bond acceptors (Lipinski definition) is 3. The molecule has 0 aliphatic heterocycles. The number of nitrogens with one attached hydrogen (secondary N) is 1. The summed E-state index contributed by atoms with van der Waals surface area (Å²) in [6, 6.07) is 21.3. The third-order valence-corrected chi connectivity index (χ3v) is 5.10. The molecule has 3 aromatic carbocycles. The molecule has 0 spiro atoms.